The number of anilines is 2. The summed E-state index contributed by atoms with van der Waals surface area (Å²) in [5.74, 6) is 0.805. The van der Waals surface area contributed by atoms with Gasteiger partial charge in [-0.2, -0.15) is 0 Å². The molecule has 1 N–H and O–H groups in total. The zero-order chi connectivity index (χ0) is 18.9. The molecule has 136 valence electrons. The van der Waals surface area contributed by atoms with Crippen LogP contribution < -0.4 is 5.32 Å². The molecule has 0 atom stereocenters. The molecule has 0 saturated heterocycles. The van der Waals surface area contributed by atoms with Gasteiger partial charge in [-0.3, -0.25) is 4.98 Å². The van der Waals surface area contributed by atoms with Crippen molar-refractivity contribution in [1.29, 1.82) is 0 Å². The first-order valence-electron chi connectivity index (χ1n) is 9.26. The van der Waals surface area contributed by atoms with Gasteiger partial charge in [-0.15, -0.1) is 11.3 Å². The highest BCUT2D eigenvalue weighted by Crippen LogP contribution is 2.38. The minimum absolute atomic E-state index is 0.805. The molecule has 0 radical (unpaired) electrons. The van der Waals surface area contributed by atoms with Crippen LogP contribution in [0.5, 0.6) is 0 Å². The number of benzene rings is 2. The van der Waals surface area contributed by atoms with Crippen LogP contribution >= 0.6 is 11.3 Å². The normalized spacial score (nSPS) is 11.2. The Kier molecular flexibility index (Phi) is 4.22. The molecule has 0 bridgehead atoms. The first kappa shape index (κ1) is 16.8. The molecule has 28 heavy (non-hydrogen) atoms. The van der Waals surface area contributed by atoms with Gasteiger partial charge < -0.3 is 5.32 Å². The lowest BCUT2D eigenvalue weighted by Crippen LogP contribution is -1.97. The second-order valence-corrected chi connectivity index (χ2v) is 7.47. The molecule has 0 fully saturated rings. The van der Waals surface area contributed by atoms with Gasteiger partial charge in [0.25, 0.3) is 0 Å². The van der Waals surface area contributed by atoms with Crippen molar-refractivity contribution in [1.82, 2.24) is 15.0 Å². The van der Waals surface area contributed by atoms with Gasteiger partial charge in [0.15, 0.2) is 0 Å². The van der Waals surface area contributed by atoms with Crippen molar-refractivity contribution in [3.63, 3.8) is 0 Å². The van der Waals surface area contributed by atoms with Crippen molar-refractivity contribution < 1.29 is 0 Å². The van der Waals surface area contributed by atoms with Crippen molar-refractivity contribution in [3.05, 3.63) is 78.1 Å². The summed E-state index contributed by atoms with van der Waals surface area (Å²) in [6.45, 7) is 2.17. The fraction of sp³-hybridized carbons (Fsp3) is 0.0870. The van der Waals surface area contributed by atoms with Crippen LogP contribution in [-0.2, 0) is 6.42 Å². The largest absolute Gasteiger partial charge is 0.338 e. The number of thiophene rings is 1. The predicted molar refractivity (Wildman–Crippen MR) is 117 cm³/mol. The van der Waals surface area contributed by atoms with E-state index in [0.717, 1.165) is 44.6 Å². The number of pyridine rings is 1. The van der Waals surface area contributed by atoms with Gasteiger partial charge in [-0.1, -0.05) is 49.4 Å². The van der Waals surface area contributed by atoms with E-state index >= 15 is 0 Å². The van der Waals surface area contributed by atoms with E-state index in [1.54, 1.807) is 17.7 Å². The highest BCUT2D eigenvalue weighted by Gasteiger charge is 2.14. The Hall–Kier alpha value is -3.31. The number of hydrogen-bond acceptors (Lipinski definition) is 5. The van der Waals surface area contributed by atoms with Gasteiger partial charge in [0, 0.05) is 22.5 Å². The molecular formula is C23H18N4S. The Labute approximate surface area is 166 Å². The number of rotatable bonds is 4. The van der Waals surface area contributed by atoms with Gasteiger partial charge in [-0.05, 0) is 29.7 Å². The average Bonchev–Trinajstić information content (AvgIpc) is 3.19. The summed E-state index contributed by atoms with van der Waals surface area (Å²) in [7, 11) is 0. The second-order valence-electron chi connectivity index (χ2n) is 6.61. The van der Waals surface area contributed by atoms with Crippen LogP contribution in [0.15, 0.2) is 72.5 Å². The van der Waals surface area contributed by atoms with Crippen LogP contribution in [0.25, 0.3) is 32.2 Å². The lowest BCUT2D eigenvalue weighted by molar-refractivity contribution is 1.14. The summed E-state index contributed by atoms with van der Waals surface area (Å²) >= 11 is 1.64. The molecule has 0 spiro atoms. The molecule has 0 aliphatic rings. The van der Waals surface area contributed by atoms with Crippen molar-refractivity contribution >= 4 is 44.0 Å². The molecule has 5 aromatic rings. The monoisotopic (exact) mass is 382 g/mol. The van der Waals surface area contributed by atoms with Crippen LogP contribution in [0.4, 0.5) is 11.5 Å². The topological polar surface area (TPSA) is 50.7 Å². The van der Waals surface area contributed by atoms with Crippen molar-refractivity contribution in [2.24, 2.45) is 0 Å². The molecule has 2 aromatic carbocycles. The number of para-hydroxylation sites is 1. The zero-order valence-electron chi connectivity index (χ0n) is 15.4. The summed E-state index contributed by atoms with van der Waals surface area (Å²) in [6.07, 6.45) is 4.47. The molecule has 0 aliphatic carbocycles. The number of nitrogens with zero attached hydrogens (tertiary/aromatic N) is 3. The Morgan fingerprint density at radius 2 is 1.79 bits per heavy atom. The second kappa shape index (κ2) is 7.02. The lowest BCUT2D eigenvalue weighted by atomic mass is 10.0. The highest BCUT2D eigenvalue weighted by atomic mass is 32.1. The molecular weight excluding hydrogens is 364 g/mol. The fourth-order valence-electron chi connectivity index (χ4n) is 3.44. The molecule has 3 aromatic heterocycles. The number of aryl methyl sites for hydroxylation is 1. The molecule has 0 saturated carbocycles. The molecule has 0 aliphatic heterocycles. The van der Waals surface area contributed by atoms with Crippen LogP contribution in [0.1, 0.15) is 12.5 Å². The van der Waals surface area contributed by atoms with Gasteiger partial charge in [-0.25, -0.2) is 9.97 Å². The van der Waals surface area contributed by atoms with Gasteiger partial charge in [0.05, 0.1) is 16.6 Å². The molecule has 3 heterocycles. The summed E-state index contributed by atoms with van der Waals surface area (Å²) in [6, 6.07) is 18.9. The third-order valence-electron chi connectivity index (χ3n) is 4.93. The van der Waals surface area contributed by atoms with Crippen molar-refractivity contribution in [2.75, 3.05) is 5.32 Å². The van der Waals surface area contributed by atoms with E-state index in [1.807, 2.05) is 24.4 Å². The summed E-state index contributed by atoms with van der Waals surface area (Å²) in [5, 5.41) is 7.80. The maximum absolute atomic E-state index is 4.56. The van der Waals surface area contributed by atoms with E-state index in [9.17, 15) is 0 Å². The maximum atomic E-state index is 4.56. The SMILES string of the molecule is CCc1ccc(-c2csc3ncnc(Nc4cccc5cccnc45)c23)cc1. The van der Waals surface area contributed by atoms with E-state index < -0.39 is 0 Å². The third-order valence-corrected chi connectivity index (χ3v) is 5.82. The van der Waals surface area contributed by atoms with Crippen LogP contribution in [0.2, 0.25) is 0 Å². The molecule has 0 amide bonds. The number of fused-ring (bicyclic) bond motifs is 2. The number of nitrogens with one attached hydrogen (secondary N) is 1. The number of aromatic nitrogens is 3. The van der Waals surface area contributed by atoms with Crippen LogP contribution in [-0.4, -0.2) is 15.0 Å². The smallest absolute Gasteiger partial charge is 0.143 e. The van der Waals surface area contributed by atoms with Crippen LogP contribution in [0.3, 0.4) is 0 Å². The Bertz CT molecular complexity index is 1270. The zero-order valence-corrected chi connectivity index (χ0v) is 16.2. The van der Waals surface area contributed by atoms with E-state index in [0.29, 0.717) is 0 Å². The van der Waals surface area contributed by atoms with E-state index in [-0.39, 0.29) is 0 Å². The van der Waals surface area contributed by atoms with Crippen molar-refractivity contribution in [2.45, 2.75) is 13.3 Å². The Morgan fingerprint density at radius 3 is 2.64 bits per heavy atom. The van der Waals surface area contributed by atoms with Gasteiger partial charge >= 0.3 is 0 Å². The Morgan fingerprint density at radius 1 is 0.929 bits per heavy atom. The average molecular weight is 382 g/mol. The van der Waals surface area contributed by atoms with Crippen molar-refractivity contribution in [3.8, 4) is 11.1 Å². The highest BCUT2D eigenvalue weighted by molar-refractivity contribution is 7.17. The summed E-state index contributed by atoms with van der Waals surface area (Å²) in [5.41, 5.74) is 5.54. The van der Waals surface area contributed by atoms with Gasteiger partial charge in [0.2, 0.25) is 0 Å². The molecule has 0 unspecified atom stereocenters. The first-order valence-corrected chi connectivity index (χ1v) is 10.1. The van der Waals surface area contributed by atoms with E-state index in [1.165, 1.54) is 11.1 Å². The lowest BCUT2D eigenvalue weighted by Gasteiger charge is -2.10. The third kappa shape index (κ3) is 2.90. The summed E-state index contributed by atoms with van der Waals surface area (Å²) < 4.78 is 0. The standard InChI is InChI=1S/C23H18N4S/c1-2-15-8-10-16(11-9-15)18-13-28-23-20(18)22(25-14-26-23)27-19-7-3-5-17-6-4-12-24-21(17)19/h3-14H,2H2,1H3,(H,25,26,27). The summed E-state index contributed by atoms with van der Waals surface area (Å²) in [4.78, 5) is 14.5. The van der Waals surface area contributed by atoms with E-state index in [2.05, 4.69) is 69.0 Å². The molecule has 5 heteroatoms. The molecule has 5 rings (SSSR count). The molecule has 4 nitrogen and oxygen atoms in total. The fourth-order valence-corrected chi connectivity index (χ4v) is 4.35. The number of hydrogen-bond donors (Lipinski definition) is 1. The van der Waals surface area contributed by atoms with E-state index in [4.69, 9.17) is 0 Å². The first-order chi connectivity index (χ1) is 13.8. The minimum Gasteiger partial charge on any atom is -0.338 e. The van der Waals surface area contributed by atoms with Crippen LogP contribution in [0, 0.1) is 0 Å². The Balaban J connectivity index is 1.64. The quantitative estimate of drug-likeness (QED) is 0.401. The predicted octanol–water partition coefficient (Wildman–Crippen LogP) is 6.21. The minimum atomic E-state index is 0.805. The van der Waals surface area contributed by atoms with Gasteiger partial charge in [0.1, 0.15) is 17.0 Å². The maximum Gasteiger partial charge on any atom is 0.143 e.